The summed E-state index contributed by atoms with van der Waals surface area (Å²) in [6.45, 7) is -3.30. The van der Waals surface area contributed by atoms with E-state index in [2.05, 4.69) is 13.6 Å². The minimum Gasteiger partial charge on any atom is -0.290 e. The van der Waals surface area contributed by atoms with Crippen LogP contribution in [0.2, 0.25) is 0 Å². The fraction of sp³-hybridized carbons (Fsp3) is 1.00. The molecule has 0 rings (SSSR count). The maximum absolute atomic E-state index is 14.1. The Balaban J connectivity index is 6.63. The molecule has 24 heteroatoms. The van der Waals surface area contributed by atoms with E-state index >= 15 is 0 Å². The molecule has 0 heterocycles. The van der Waals surface area contributed by atoms with Crippen LogP contribution >= 0.6 is 7.82 Å². The highest BCUT2D eigenvalue weighted by atomic mass is 31.2. The van der Waals surface area contributed by atoms with Gasteiger partial charge in [-0.1, -0.05) is 0 Å². The van der Waals surface area contributed by atoms with Crippen molar-refractivity contribution in [1.82, 2.24) is 0 Å². The highest BCUT2D eigenvalue weighted by Crippen LogP contribution is 2.57. The quantitative estimate of drug-likeness (QED) is 0.209. The number of halogens is 17. The third kappa shape index (κ3) is 6.59. The van der Waals surface area contributed by atoms with E-state index in [-0.39, 0.29) is 0 Å². The van der Waals surface area contributed by atoms with Crippen molar-refractivity contribution in [2.75, 3.05) is 20.8 Å². The van der Waals surface area contributed by atoms with Gasteiger partial charge in [0.05, 0.1) is 0 Å². The van der Waals surface area contributed by atoms with E-state index in [0.717, 1.165) is 0 Å². The van der Waals surface area contributed by atoms with Crippen LogP contribution in [0.1, 0.15) is 0 Å². The van der Waals surface area contributed by atoms with Crippen molar-refractivity contribution in [3.63, 3.8) is 0 Å². The number of alkyl halides is 17. The molecule has 0 aromatic carbocycles. The van der Waals surface area contributed by atoms with E-state index in [1.807, 2.05) is 4.74 Å². The molecule has 6 nitrogen and oxygen atoms in total. The second kappa shape index (κ2) is 9.62. The third-order valence-electron chi connectivity index (χ3n) is 3.30. The van der Waals surface area contributed by atoms with Crippen LogP contribution in [0.3, 0.4) is 0 Å². The van der Waals surface area contributed by atoms with Gasteiger partial charge in [0.2, 0.25) is 0 Å². The Kier molecular flexibility index (Phi) is 9.30. The van der Waals surface area contributed by atoms with E-state index in [1.165, 1.54) is 4.74 Å². The van der Waals surface area contributed by atoms with Gasteiger partial charge in [-0.3, -0.25) is 23.0 Å². The predicted molar refractivity (Wildman–Crippen MR) is 70.4 cm³/mol. The van der Waals surface area contributed by atoms with Gasteiger partial charge < -0.3 is 0 Å². The van der Waals surface area contributed by atoms with Gasteiger partial charge in [-0.2, -0.15) is 74.6 Å². The maximum Gasteiger partial charge on any atom is 0.474 e. The van der Waals surface area contributed by atoms with E-state index in [1.54, 1.807) is 0 Å². The van der Waals surface area contributed by atoms with Gasteiger partial charge in [-0.15, -0.1) is 0 Å². The lowest BCUT2D eigenvalue weighted by molar-refractivity contribution is -0.552. The van der Waals surface area contributed by atoms with Gasteiger partial charge >= 0.3 is 56.2 Å². The molecule has 0 bridgehead atoms. The molecule has 0 aliphatic rings. The van der Waals surface area contributed by atoms with Gasteiger partial charge in [0.15, 0.2) is 0 Å². The molecule has 0 aromatic rings. The molecule has 0 N–H and O–H groups in total. The zero-order valence-corrected chi connectivity index (χ0v) is 16.9. The number of phosphoric ester groups is 1. The first-order valence-corrected chi connectivity index (χ1v) is 8.93. The summed E-state index contributed by atoms with van der Waals surface area (Å²) in [6.07, 6.45) is -38.3. The molecule has 0 saturated heterocycles. The van der Waals surface area contributed by atoms with Crippen molar-refractivity contribution in [3.8, 4) is 0 Å². The average molecular weight is 590 g/mol. The Hall–Kier alpha value is -1.16. The van der Waals surface area contributed by atoms with Crippen LogP contribution in [0, 0.1) is 0 Å². The Labute approximate surface area is 180 Å². The smallest absolute Gasteiger partial charge is 0.290 e. The van der Waals surface area contributed by atoms with Crippen molar-refractivity contribution in [1.29, 1.82) is 0 Å². The summed E-state index contributed by atoms with van der Waals surface area (Å²) in [5, 5.41) is 0. The van der Waals surface area contributed by atoms with E-state index < -0.39 is 62.8 Å². The van der Waals surface area contributed by atoms with Crippen LogP contribution in [0.5, 0.6) is 0 Å². The molecule has 0 radical (unpaired) electrons. The molecule has 0 amide bonds. The molecular weight excluding hydrogens is 582 g/mol. The van der Waals surface area contributed by atoms with Crippen molar-refractivity contribution in [2.45, 2.75) is 48.4 Å². The summed E-state index contributed by atoms with van der Waals surface area (Å²) in [7, 11) is -4.70. The maximum atomic E-state index is 14.1. The Morgan fingerprint density at radius 3 is 1.26 bits per heavy atom. The van der Waals surface area contributed by atoms with E-state index in [0.29, 0.717) is 14.2 Å². The number of rotatable bonds is 11. The molecule has 0 aliphatic carbocycles. The molecule has 212 valence electrons. The van der Waals surface area contributed by atoms with Gasteiger partial charge in [-0.25, -0.2) is 4.57 Å². The number of hydrogen-bond donors (Lipinski definition) is 0. The van der Waals surface area contributed by atoms with Gasteiger partial charge in [-0.05, 0) is 0 Å². The highest BCUT2D eigenvalue weighted by Gasteiger charge is 2.85. The number of phosphoric acid groups is 1. The van der Waals surface area contributed by atoms with Crippen molar-refractivity contribution < 1.29 is 102 Å². The predicted octanol–water partition coefficient (Wildman–Crippen LogP) is 6.28. The zero-order valence-electron chi connectivity index (χ0n) is 16.0. The van der Waals surface area contributed by atoms with Crippen LogP contribution in [0.15, 0.2) is 0 Å². The summed E-state index contributed by atoms with van der Waals surface area (Å²) in [5.74, 6) is -22.4. The Morgan fingerprint density at radius 2 is 0.971 bits per heavy atom. The third-order valence-corrected chi connectivity index (χ3v) is 4.64. The molecule has 0 aliphatic heterocycles. The van der Waals surface area contributed by atoms with Crippen LogP contribution in [0.25, 0.3) is 0 Å². The second-order valence-electron chi connectivity index (χ2n) is 5.71. The lowest BCUT2D eigenvalue weighted by atomic mass is 10.2. The van der Waals surface area contributed by atoms with Crippen LogP contribution in [-0.4, -0.2) is 69.2 Å². The largest absolute Gasteiger partial charge is 0.474 e. The Bertz CT molecular complexity index is 770. The molecule has 0 spiro atoms. The molecular formula is C11H8F17O6P. The topological polar surface area (TPSA) is 63.2 Å². The Morgan fingerprint density at radius 1 is 0.571 bits per heavy atom. The fourth-order valence-electron chi connectivity index (χ4n) is 1.47. The number of hydrogen-bond acceptors (Lipinski definition) is 6. The first-order valence-electron chi connectivity index (χ1n) is 7.47. The fourth-order valence-corrected chi connectivity index (χ4v) is 2.15. The monoisotopic (exact) mass is 590 g/mol. The molecule has 0 fully saturated rings. The highest BCUT2D eigenvalue weighted by molar-refractivity contribution is 7.48. The summed E-state index contributed by atoms with van der Waals surface area (Å²) >= 11 is 0. The first-order chi connectivity index (χ1) is 15.0. The molecule has 2 atom stereocenters. The minimum atomic E-state index is -8.02. The van der Waals surface area contributed by atoms with Gasteiger partial charge in [0, 0.05) is 14.2 Å². The summed E-state index contributed by atoms with van der Waals surface area (Å²) in [4.78, 5) is 0. The zero-order chi connectivity index (χ0) is 28.7. The molecule has 2 unspecified atom stereocenters. The van der Waals surface area contributed by atoms with Crippen molar-refractivity contribution >= 4 is 7.82 Å². The molecule has 35 heavy (non-hydrogen) atoms. The summed E-state index contributed by atoms with van der Waals surface area (Å²) in [5.41, 5.74) is 0. The van der Waals surface area contributed by atoms with Gasteiger partial charge in [0.1, 0.15) is 6.61 Å². The van der Waals surface area contributed by atoms with Crippen molar-refractivity contribution in [3.05, 3.63) is 0 Å². The summed E-state index contributed by atoms with van der Waals surface area (Å²) < 4.78 is 246. The molecule has 0 saturated carbocycles. The number of ether oxygens (including phenoxy) is 2. The standard InChI is InChI=1S/C11H8F17O6P/c1-30-35(29,31-2)32-3-4(12,7(16,17)18)33-11(27,28)6(15,9(22,23)24)34-10(25,26)5(13,14)8(19,20)21/h3H2,1-2H3. The lowest BCUT2D eigenvalue weighted by Crippen LogP contribution is -2.67. The molecule has 0 aromatic heterocycles. The van der Waals surface area contributed by atoms with Crippen LogP contribution in [0.4, 0.5) is 74.6 Å². The second-order valence-corrected chi connectivity index (χ2v) is 7.60. The first kappa shape index (κ1) is 33.8. The average Bonchev–Trinajstić information content (AvgIpc) is 2.62. The van der Waals surface area contributed by atoms with E-state index in [4.69, 9.17) is 0 Å². The van der Waals surface area contributed by atoms with Crippen LogP contribution < -0.4 is 0 Å². The minimum absolute atomic E-state index is 0.306. The SMILES string of the molecule is COP(=O)(OC)OCC(F)(OC(F)(F)C(F)(OC(F)(F)C(F)(F)C(F)(F)F)C(F)(F)F)C(F)(F)F. The van der Waals surface area contributed by atoms with E-state index in [9.17, 15) is 79.2 Å². The van der Waals surface area contributed by atoms with Crippen molar-refractivity contribution in [2.24, 2.45) is 0 Å². The normalized spacial score (nSPS) is 18.8. The van der Waals surface area contributed by atoms with Gasteiger partial charge in [0.25, 0.3) is 0 Å². The summed E-state index contributed by atoms with van der Waals surface area (Å²) in [6, 6.07) is 0. The van der Waals surface area contributed by atoms with Crippen LogP contribution in [-0.2, 0) is 27.6 Å². The lowest BCUT2D eigenvalue weighted by Gasteiger charge is -2.40.